The van der Waals surface area contributed by atoms with Crippen LogP contribution in [0.25, 0.3) is 5.82 Å². The standard InChI is InChI=1S/C31H36F2N12O2/c1-19-16-43(17-20(2)44(19)21(3)46)26-15-27(36-18-35-26)45-29(34)39-30(40-45)37-22-7-9-23(10-8-22)41-11-13-42(14-12-41)31(47)38-28-24(32)5-4-6-25(28)33/h4-10,15,18-20H,11-14,16-17H2,1-3H3,(H,38,47)(H3,34,37,39,40)/t19-,20+. The molecule has 0 bridgehead atoms. The van der Waals surface area contributed by atoms with Crippen LogP contribution in [-0.2, 0) is 4.79 Å². The van der Waals surface area contributed by atoms with Crippen LogP contribution < -0.4 is 26.2 Å². The third-order valence-corrected chi connectivity index (χ3v) is 8.34. The van der Waals surface area contributed by atoms with Gasteiger partial charge < -0.3 is 36.0 Å². The average Bonchev–Trinajstić information content (AvgIpc) is 3.42. The molecule has 0 radical (unpaired) electrons. The van der Waals surface area contributed by atoms with Crippen LogP contribution in [0.2, 0.25) is 0 Å². The number of anilines is 6. The Morgan fingerprint density at radius 2 is 1.53 bits per heavy atom. The minimum Gasteiger partial charge on any atom is -0.368 e. The maximum atomic E-state index is 13.9. The van der Waals surface area contributed by atoms with Crippen molar-refractivity contribution in [3.05, 3.63) is 66.5 Å². The molecular weight excluding hydrogens is 610 g/mol. The van der Waals surface area contributed by atoms with Crippen molar-refractivity contribution < 1.29 is 18.4 Å². The molecule has 2 aromatic carbocycles. The van der Waals surface area contributed by atoms with Crippen molar-refractivity contribution in [2.24, 2.45) is 0 Å². The van der Waals surface area contributed by atoms with Gasteiger partial charge in [0.25, 0.3) is 0 Å². The maximum absolute atomic E-state index is 13.9. The second-order valence-corrected chi connectivity index (χ2v) is 11.6. The van der Waals surface area contributed by atoms with Crippen molar-refractivity contribution in [2.75, 3.05) is 65.4 Å². The molecule has 3 amide bonds. The summed E-state index contributed by atoms with van der Waals surface area (Å²) in [7, 11) is 0. The van der Waals surface area contributed by atoms with Gasteiger partial charge in [-0.15, -0.1) is 5.10 Å². The van der Waals surface area contributed by atoms with Gasteiger partial charge in [0.1, 0.15) is 29.5 Å². The first-order valence-corrected chi connectivity index (χ1v) is 15.3. The molecule has 0 spiro atoms. The van der Waals surface area contributed by atoms with E-state index >= 15 is 0 Å². The Morgan fingerprint density at radius 1 is 0.894 bits per heavy atom. The van der Waals surface area contributed by atoms with E-state index in [1.807, 2.05) is 43.0 Å². The zero-order chi connectivity index (χ0) is 33.2. The zero-order valence-electron chi connectivity index (χ0n) is 26.3. The fourth-order valence-electron chi connectivity index (χ4n) is 6.16. The Bertz CT molecular complexity index is 1730. The number of nitrogens with zero attached hydrogens (tertiary/aromatic N) is 9. The molecule has 0 unspecified atom stereocenters. The summed E-state index contributed by atoms with van der Waals surface area (Å²) < 4.78 is 29.3. The number of urea groups is 1. The highest BCUT2D eigenvalue weighted by Crippen LogP contribution is 2.25. The molecule has 2 aromatic heterocycles. The summed E-state index contributed by atoms with van der Waals surface area (Å²) in [6, 6.07) is 12.4. The average molecular weight is 647 g/mol. The van der Waals surface area contributed by atoms with Crippen molar-refractivity contribution in [3.8, 4) is 5.82 Å². The number of hydrogen-bond acceptors (Lipinski definition) is 10. The van der Waals surface area contributed by atoms with Gasteiger partial charge in [0.15, 0.2) is 5.82 Å². The second kappa shape index (κ2) is 13.1. The number of para-hydroxylation sites is 1. The molecule has 2 aliphatic heterocycles. The molecule has 2 fully saturated rings. The van der Waals surface area contributed by atoms with Gasteiger partial charge in [0.05, 0.1) is 0 Å². The minimum atomic E-state index is -0.820. The quantitative estimate of drug-likeness (QED) is 0.284. The number of halogens is 2. The number of nitrogen functional groups attached to an aromatic ring is 1. The Morgan fingerprint density at radius 3 is 2.17 bits per heavy atom. The number of piperazine rings is 2. The van der Waals surface area contributed by atoms with Crippen molar-refractivity contribution in [1.82, 2.24) is 34.5 Å². The van der Waals surface area contributed by atoms with Crippen LogP contribution in [0.3, 0.4) is 0 Å². The van der Waals surface area contributed by atoms with Gasteiger partial charge in [-0.3, -0.25) is 4.79 Å². The predicted octanol–water partition coefficient (Wildman–Crippen LogP) is 3.46. The van der Waals surface area contributed by atoms with Crippen molar-refractivity contribution in [1.29, 1.82) is 0 Å². The number of benzene rings is 2. The van der Waals surface area contributed by atoms with E-state index in [9.17, 15) is 18.4 Å². The molecule has 14 nitrogen and oxygen atoms in total. The summed E-state index contributed by atoms with van der Waals surface area (Å²) in [5, 5.41) is 10.0. The number of carbonyl (C=O) groups excluding carboxylic acids is 2. The predicted molar refractivity (Wildman–Crippen MR) is 174 cm³/mol. The largest absolute Gasteiger partial charge is 0.368 e. The third kappa shape index (κ3) is 6.71. The van der Waals surface area contributed by atoms with E-state index < -0.39 is 23.4 Å². The van der Waals surface area contributed by atoms with Crippen LogP contribution in [-0.4, -0.2) is 97.8 Å². The van der Waals surface area contributed by atoms with Gasteiger partial charge in [-0.1, -0.05) is 6.07 Å². The summed E-state index contributed by atoms with van der Waals surface area (Å²) in [4.78, 5) is 45.5. The maximum Gasteiger partial charge on any atom is 0.322 e. The van der Waals surface area contributed by atoms with E-state index in [4.69, 9.17) is 5.73 Å². The van der Waals surface area contributed by atoms with E-state index in [0.717, 1.165) is 23.5 Å². The van der Waals surface area contributed by atoms with Crippen LogP contribution in [0.4, 0.5) is 48.4 Å². The van der Waals surface area contributed by atoms with Crippen LogP contribution in [0.1, 0.15) is 20.8 Å². The molecule has 6 rings (SSSR count). The van der Waals surface area contributed by atoms with Crippen molar-refractivity contribution in [2.45, 2.75) is 32.9 Å². The topological polar surface area (TPSA) is 154 Å². The van der Waals surface area contributed by atoms with Crippen molar-refractivity contribution >= 4 is 46.7 Å². The first-order valence-electron chi connectivity index (χ1n) is 15.3. The lowest BCUT2D eigenvalue weighted by atomic mass is 10.1. The lowest BCUT2D eigenvalue weighted by Gasteiger charge is -2.44. The lowest BCUT2D eigenvalue weighted by molar-refractivity contribution is -0.133. The molecule has 2 aliphatic rings. The monoisotopic (exact) mass is 646 g/mol. The first-order chi connectivity index (χ1) is 22.6. The second-order valence-electron chi connectivity index (χ2n) is 11.6. The molecule has 0 saturated carbocycles. The third-order valence-electron chi connectivity index (χ3n) is 8.34. The molecule has 246 valence electrons. The van der Waals surface area contributed by atoms with Crippen LogP contribution in [0, 0.1) is 11.6 Å². The molecular formula is C31H36F2N12O2. The van der Waals surface area contributed by atoms with Gasteiger partial charge in [-0.25, -0.2) is 23.5 Å². The smallest absolute Gasteiger partial charge is 0.322 e. The molecule has 4 heterocycles. The number of rotatable bonds is 6. The van der Waals surface area contributed by atoms with Crippen LogP contribution in [0.15, 0.2) is 54.9 Å². The Kier molecular flexibility index (Phi) is 8.74. The fraction of sp³-hybridized carbons (Fsp3) is 0.355. The van der Waals surface area contributed by atoms with Crippen LogP contribution >= 0.6 is 0 Å². The van der Waals surface area contributed by atoms with Gasteiger partial charge in [0, 0.05) is 75.7 Å². The summed E-state index contributed by atoms with van der Waals surface area (Å²) in [6.45, 7) is 8.79. The number of nitrogens with one attached hydrogen (secondary N) is 2. The molecule has 47 heavy (non-hydrogen) atoms. The van der Waals surface area contributed by atoms with Gasteiger partial charge in [-0.2, -0.15) is 9.67 Å². The Labute approximate surface area is 270 Å². The van der Waals surface area contributed by atoms with E-state index in [1.165, 1.54) is 22.0 Å². The molecule has 0 aliphatic carbocycles. The number of aromatic nitrogens is 5. The number of amides is 3. The molecule has 2 atom stereocenters. The van der Waals surface area contributed by atoms with Gasteiger partial charge in [-0.05, 0) is 50.2 Å². The highest BCUT2D eigenvalue weighted by molar-refractivity contribution is 5.89. The number of hydrogen-bond donors (Lipinski definition) is 3. The number of carbonyl (C=O) groups is 2. The molecule has 2 saturated heterocycles. The van der Waals surface area contributed by atoms with E-state index in [1.54, 1.807) is 13.0 Å². The van der Waals surface area contributed by atoms with Crippen molar-refractivity contribution in [3.63, 3.8) is 0 Å². The Balaban J connectivity index is 1.06. The SMILES string of the molecule is CC(=O)N1[C@H](C)CN(c2cc(-n3nc(Nc4ccc(N5CCN(C(=O)Nc6c(F)cccc6F)CC5)cc4)nc3N)ncn2)C[C@@H]1C. The minimum absolute atomic E-state index is 0.0311. The molecule has 4 N–H and O–H groups in total. The summed E-state index contributed by atoms with van der Waals surface area (Å²) >= 11 is 0. The van der Waals surface area contributed by atoms with Gasteiger partial charge in [0.2, 0.25) is 17.8 Å². The van der Waals surface area contributed by atoms with E-state index in [2.05, 4.69) is 40.5 Å². The normalized spacial score (nSPS) is 18.3. The summed E-state index contributed by atoms with van der Waals surface area (Å²) in [5.74, 6) is 0.0258. The number of nitrogens with two attached hydrogens (primary N) is 1. The highest BCUT2D eigenvalue weighted by Gasteiger charge is 2.32. The first kappa shape index (κ1) is 31.4. The summed E-state index contributed by atoms with van der Waals surface area (Å²) in [5.41, 5.74) is 7.46. The lowest BCUT2D eigenvalue weighted by Crippen LogP contribution is -2.58. The molecule has 16 heteroatoms. The summed E-state index contributed by atoms with van der Waals surface area (Å²) in [6.07, 6.45) is 1.46. The fourth-order valence-corrected chi connectivity index (χ4v) is 6.16. The zero-order valence-corrected chi connectivity index (χ0v) is 26.3. The van der Waals surface area contributed by atoms with Gasteiger partial charge >= 0.3 is 6.03 Å². The van der Waals surface area contributed by atoms with E-state index in [0.29, 0.717) is 56.9 Å². The molecule has 4 aromatic rings. The Hall–Kier alpha value is -5.54. The van der Waals surface area contributed by atoms with Crippen LogP contribution in [0.5, 0.6) is 0 Å². The van der Waals surface area contributed by atoms with E-state index in [-0.39, 0.29) is 23.9 Å². The highest BCUT2D eigenvalue weighted by atomic mass is 19.1.